The van der Waals surface area contributed by atoms with Gasteiger partial charge in [-0.2, -0.15) is 0 Å². The van der Waals surface area contributed by atoms with Crippen LogP contribution < -0.4 is 9.80 Å². The lowest BCUT2D eigenvalue weighted by Crippen LogP contribution is -2.28. The predicted molar refractivity (Wildman–Crippen MR) is 271 cm³/mol. The lowest BCUT2D eigenvalue weighted by atomic mass is 9.67. The quantitative estimate of drug-likeness (QED) is 0.143. The van der Waals surface area contributed by atoms with Crippen LogP contribution in [0.4, 0.5) is 34.1 Å². The summed E-state index contributed by atoms with van der Waals surface area (Å²) in [4.78, 5) is 4.50. The second-order valence-corrected chi connectivity index (χ2v) is 17.1. The van der Waals surface area contributed by atoms with Crippen molar-refractivity contribution in [3.8, 4) is 22.3 Å². The molecule has 0 spiro atoms. The largest absolute Gasteiger partial charge is 0.310 e. The molecule has 302 valence electrons. The molecule has 0 aliphatic heterocycles. The third kappa shape index (κ3) is 6.16. The van der Waals surface area contributed by atoms with E-state index in [2.05, 4.69) is 168 Å². The van der Waals surface area contributed by atoms with Gasteiger partial charge in [0.05, 0.1) is 12.3 Å². The van der Waals surface area contributed by atoms with E-state index in [4.69, 9.17) is 1.37 Å². The Morgan fingerprint density at radius 2 is 0.812 bits per heavy atom. The normalized spacial score (nSPS) is 15.1. The molecular weight excluding hydrogens is 793 g/mol. The molecule has 1 heterocycles. The summed E-state index contributed by atoms with van der Waals surface area (Å²) >= 11 is 1.68. The summed E-state index contributed by atoms with van der Waals surface area (Å²) in [6.07, 6.45) is 0. The molecule has 0 radical (unpaired) electrons. The minimum atomic E-state index is -1.35. The fourth-order valence-corrected chi connectivity index (χ4v) is 11.1. The van der Waals surface area contributed by atoms with Crippen LogP contribution in [0, 0.1) is 0 Å². The van der Waals surface area contributed by atoms with Gasteiger partial charge in [0.2, 0.25) is 0 Å². The van der Waals surface area contributed by atoms with E-state index in [0.717, 1.165) is 93.2 Å². The van der Waals surface area contributed by atoms with Crippen molar-refractivity contribution in [2.45, 2.75) is 5.41 Å². The molecule has 12 rings (SSSR count). The van der Waals surface area contributed by atoms with Crippen molar-refractivity contribution in [1.82, 2.24) is 0 Å². The van der Waals surface area contributed by atoms with Crippen molar-refractivity contribution in [1.29, 1.82) is 0 Å². The minimum absolute atomic E-state index is 0.221. The summed E-state index contributed by atoms with van der Waals surface area (Å²) in [5.74, 6) is 0. The van der Waals surface area contributed by atoms with Crippen LogP contribution in [0.1, 0.15) is 29.1 Å². The highest BCUT2D eigenvalue weighted by Gasteiger charge is 2.48. The van der Waals surface area contributed by atoms with Crippen LogP contribution in [0.25, 0.3) is 42.4 Å². The molecule has 0 amide bonds. The molecule has 0 saturated heterocycles. The molecule has 0 saturated carbocycles. The van der Waals surface area contributed by atoms with E-state index in [1.807, 2.05) is 66.7 Å². The summed E-state index contributed by atoms with van der Waals surface area (Å²) in [6.45, 7) is 0. The molecule has 64 heavy (non-hydrogen) atoms. The Kier molecular flexibility index (Phi) is 8.04. The summed E-state index contributed by atoms with van der Waals surface area (Å²) in [5.41, 5.74) is 11.2. The van der Waals surface area contributed by atoms with Crippen molar-refractivity contribution in [3.05, 3.63) is 277 Å². The van der Waals surface area contributed by atoms with Gasteiger partial charge >= 0.3 is 0 Å². The van der Waals surface area contributed by atoms with E-state index in [1.165, 1.54) is 0 Å². The molecule has 0 fully saturated rings. The summed E-state index contributed by atoms with van der Waals surface area (Å²) in [7, 11) is 0. The lowest BCUT2D eigenvalue weighted by molar-refractivity contribution is 0.778. The van der Waals surface area contributed by atoms with Gasteiger partial charge in [-0.3, -0.25) is 0 Å². The van der Waals surface area contributed by atoms with Crippen molar-refractivity contribution in [2.24, 2.45) is 0 Å². The van der Waals surface area contributed by atoms with Crippen LogP contribution in [-0.2, 0) is 5.41 Å². The molecule has 0 N–H and O–H groups in total. The fourth-order valence-electron chi connectivity index (χ4n) is 9.82. The van der Waals surface area contributed by atoms with Crippen molar-refractivity contribution >= 4 is 65.6 Å². The SMILES string of the molecule is [2H]c1c([2H])c([2H])c(C2(c3cccc4c3sc3ccccc34)c3ccc(N(c4ccccc4)c4ccccc4)cc3-c3cc(N(c4ccccc4)c4ccc(-c5ccccc5)cc4)ccc32)c([2H])c1[2H]. The number of para-hydroxylation sites is 3. The average Bonchev–Trinajstić information content (AvgIpc) is 3.93. The van der Waals surface area contributed by atoms with Crippen molar-refractivity contribution < 1.29 is 6.85 Å². The molecule has 3 heteroatoms. The molecular formula is C61H42N2S. The van der Waals surface area contributed by atoms with Gasteiger partial charge in [0.1, 0.15) is 0 Å². The Labute approximate surface area is 385 Å². The van der Waals surface area contributed by atoms with E-state index in [9.17, 15) is 5.48 Å². The molecule has 1 unspecified atom stereocenters. The van der Waals surface area contributed by atoms with E-state index in [-0.39, 0.29) is 29.7 Å². The first-order valence-electron chi connectivity index (χ1n) is 24.0. The van der Waals surface area contributed by atoms with Gasteiger partial charge in [-0.05, 0) is 123 Å². The Morgan fingerprint density at radius 3 is 1.38 bits per heavy atom. The van der Waals surface area contributed by atoms with Gasteiger partial charge in [-0.25, -0.2) is 0 Å². The Hall–Kier alpha value is -7.98. The van der Waals surface area contributed by atoms with E-state index < -0.39 is 11.5 Å². The van der Waals surface area contributed by atoms with Crippen molar-refractivity contribution in [3.63, 3.8) is 0 Å². The number of benzene rings is 10. The molecule has 1 aliphatic rings. The monoisotopic (exact) mass is 839 g/mol. The number of rotatable bonds is 9. The maximum atomic E-state index is 9.84. The summed E-state index contributed by atoms with van der Waals surface area (Å²) in [5, 5.41) is 2.16. The number of anilines is 6. The minimum Gasteiger partial charge on any atom is -0.310 e. The zero-order chi connectivity index (χ0) is 46.8. The van der Waals surface area contributed by atoms with Crippen LogP contribution >= 0.6 is 11.3 Å². The first kappa shape index (κ1) is 32.7. The number of thiophene rings is 1. The van der Waals surface area contributed by atoms with Crippen LogP contribution in [0.5, 0.6) is 0 Å². The van der Waals surface area contributed by atoms with E-state index in [0.29, 0.717) is 0 Å². The molecule has 1 aliphatic carbocycles. The number of fused-ring (bicyclic) bond motifs is 6. The number of hydrogen-bond donors (Lipinski definition) is 0. The van der Waals surface area contributed by atoms with Crippen LogP contribution in [0.15, 0.2) is 255 Å². The van der Waals surface area contributed by atoms with Crippen LogP contribution in [0.3, 0.4) is 0 Å². The maximum Gasteiger partial charge on any atom is 0.0727 e. The van der Waals surface area contributed by atoms with Crippen LogP contribution in [0.2, 0.25) is 0 Å². The molecule has 2 nitrogen and oxygen atoms in total. The predicted octanol–water partition coefficient (Wildman–Crippen LogP) is 17.0. The van der Waals surface area contributed by atoms with Gasteiger partial charge in [-0.1, -0.05) is 176 Å². The molecule has 0 bridgehead atoms. The topological polar surface area (TPSA) is 6.48 Å². The highest BCUT2D eigenvalue weighted by atomic mass is 32.1. The van der Waals surface area contributed by atoms with Gasteiger partial charge in [0, 0.05) is 54.3 Å². The number of hydrogen-bond acceptors (Lipinski definition) is 3. The van der Waals surface area contributed by atoms with Crippen LogP contribution in [-0.4, -0.2) is 0 Å². The van der Waals surface area contributed by atoms with Gasteiger partial charge in [-0.15, -0.1) is 11.3 Å². The second-order valence-electron chi connectivity index (χ2n) is 16.1. The first-order chi connectivity index (χ1) is 33.8. The maximum absolute atomic E-state index is 9.84. The fraction of sp³-hybridized carbons (Fsp3) is 0.0164. The smallest absolute Gasteiger partial charge is 0.0727 e. The highest BCUT2D eigenvalue weighted by molar-refractivity contribution is 7.26. The van der Waals surface area contributed by atoms with Gasteiger partial charge in [0.25, 0.3) is 0 Å². The third-order valence-corrected chi connectivity index (χ3v) is 13.8. The van der Waals surface area contributed by atoms with Gasteiger partial charge in [0.15, 0.2) is 0 Å². The molecule has 1 aromatic heterocycles. The zero-order valence-electron chi connectivity index (χ0n) is 39.7. The summed E-state index contributed by atoms with van der Waals surface area (Å²) < 4.78 is 48.9. The lowest BCUT2D eigenvalue weighted by Gasteiger charge is -2.35. The first-order valence-corrected chi connectivity index (χ1v) is 22.3. The highest BCUT2D eigenvalue weighted by Crippen LogP contribution is 2.60. The Balaban J connectivity index is 1.19. The second kappa shape index (κ2) is 15.7. The van der Waals surface area contributed by atoms with E-state index >= 15 is 0 Å². The third-order valence-electron chi connectivity index (χ3n) is 12.6. The van der Waals surface area contributed by atoms with Crippen molar-refractivity contribution in [2.75, 3.05) is 9.80 Å². The molecule has 1 atom stereocenters. The average molecular weight is 840 g/mol. The number of nitrogens with zero attached hydrogens (tertiary/aromatic N) is 2. The van der Waals surface area contributed by atoms with Gasteiger partial charge < -0.3 is 9.80 Å². The molecule has 10 aromatic carbocycles. The van der Waals surface area contributed by atoms with E-state index in [1.54, 1.807) is 11.3 Å². The molecule has 11 aromatic rings. The Morgan fingerprint density at radius 1 is 0.359 bits per heavy atom. The summed E-state index contributed by atoms with van der Waals surface area (Å²) in [6, 6.07) is 75.9. The standard InChI is InChI=1S/C61H42N2S/c1-6-19-43(20-7-1)44-33-35-49(36-34-44)63(48-27-14-5-15-28-48)51-38-40-57-55(42-51)54-41-50(62(46-23-10-3-11-24-46)47-25-12-4-13-26-47)37-39-56(54)61(57,45-21-8-2-9-22-45)58-31-18-30-53-52-29-16-17-32-59(52)64-60(53)58/h1-42H/i2D,8D,9D,21D,22D. The Bertz CT molecular complexity index is 3660. The zero-order valence-corrected chi connectivity index (χ0v) is 35.5.